The minimum atomic E-state index is -0.210. The average molecular weight is 261 g/mol. The number of aryl methyl sites for hydroxylation is 1. The Morgan fingerprint density at radius 1 is 1.32 bits per heavy atom. The molecule has 3 heteroatoms. The first-order valence-corrected chi connectivity index (χ1v) is 7.10. The summed E-state index contributed by atoms with van der Waals surface area (Å²) < 4.78 is 13.2. The Hall–Kier alpha value is -1.35. The fourth-order valence-electron chi connectivity index (χ4n) is 3.31. The highest BCUT2D eigenvalue weighted by atomic mass is 19.1. The van der Waals surface area contributed by atoms with Crippen molar-refractivity contribution in [1.29, 1.82) is 0 Å². The third kappa shape index (κ3) is 2.39. The van der Waals surface area contributed by atoms with Gasteiger partial charge in [-0.15, -0.1) is 0 Å². The zero-order chi connectivity index (χ0) is 13.4. The molecule has 2 atom stereocenters. The Bertz CT molecular complexity index is 590. The Labute approximate surface area is 112 Å². The van der Waals surface area contributed by atoms with E-state index < -0.39 is 0 Å². The number of hydrogen-bond donors (Lipinski definition) is 2. The van der Waals surface area contributed by atoms with Crippen molar-refractivity contribution in [3.05, 3.63) is 35.3 Å². The van der Waals surface area contributed by atoms with Gasteiger partial charge in [0, 0.05) is 16.6 Å². The van der Waals surface area contributed by atoms with E-state index in [1.54, 1.807) is 6.07 Å². The van der Waals surface area contributed by atoms with E-state index in [9.17, 15) is 9.50 Å². The molecule has 1 fully saturated rings. The minimum Gasteiger partial charge on any atom is -0.393 e. The normalized spacial score (nSPS) is 23.9. The molecule has 1 aromatic heterocycles. The molecular formula is C16H20FNO. The number of H-pyrrole nitrogens is 1. The van der Waals surface area contributed by atoms with E-state index in [2.05, 4.69) is 4.98 Å². The van der Waals surface area contributed by atoms with Gasteiger partial charge in [0.15, 0.2) is 0 Å². The standard InChI is InChI=1S/C16H20FNO/c1-10-14(8-11-4-2-3-5-16(11)19)13-7-6-12(17)9-15(13)18-10/h6-7,9,11,16,18-19H,2-5,8H2,1H3. The molecule has 19 heavy (non-hydrogen) atoms. The van der Waals surface area contributed by atoms with E-state index >= 15 is 0 Å². The number of fused-ring (bicyclic) bond motifs is 1. The molecule has 2 unspecified atom stereocenters. The van der Waals surface area contributed by atoms with Crippen LogP contribution < -0.4 is 0 Å². The van der Waals surface area contributed by atoms with Crippen LogP contribution in [0.25, 0.3) is 10.9 Å². The van der Waals surface area contributed by atoms with E-state index in [0.29, 0.717) is 5.92 Å². The maximum Gasteiger partial charge on any atom is 0.125 e. The lowest BCUT2D eigenvalue weighted by Crippen LogP contribution is -2.26. The average Bonchev–Trinajstić information content (AvgIpc) is 2.68. The predicted molar refractivity (Wildman–Crippen MR) is 74.7 cm³/mol. The van der Waals surface area contributed by atoms with E-state index in [1.165, 1.54) is 18.1 Å². The van der Waals surface area contributed by atoms with Crippen LogP contribution in [-0.2, 0) is 6.42 Å². The Morgan fingerprint density at radius 2 is 2.11 bits per heavy atom. The van der Waals surface area contributed by atoms with Crippen molar-refractivity contribution in [3.8, 4) is 0 Å². The predicted octanol–water partition coefficient (Wildman–Crippen LogP) is 3.71. The summed E-state index contributed by atoms with van der Waals surface area (Å²) in [6.07, 6.45) is 5.06. The molecule has 2 nitrogen and oxygen atoms in total. The number of nitrogens with one attached hydrogen (secondary N) is 1. The molecule has 1 aliphatic rings. The molecule has 0 amide bonds. The van der Waals surface area contributed by atoms with Crippen molar-refractivity contribution in [2.75, 3.05) is 0 Å². The molecule has 2 aromatic rings. The summed E-state index contributed by atoms with van der Waals surface area (Å²) in [5, 5.41) is 11.2. The summed E-state index contributed by atoms with van der Waals surface area (Å²) in [4.78, 5) is 3.25. The zero-order valence-corrected chi connectivity index (χ0v) is 11.2. The van der Waals surface area contributed by atoms with Crippen molar-refractivity contribution in [1.82, 2.24) is 4.98 Å². The van der Waals surface area contributed by atoms with Crippen LogP contribution in [0, 0.1) is 18.7 Å². The van der Waals surface area contributed by atoms with E-state index in [0.717, 1.165) is 42.3 Å². The maximum absolute atomic E-state index is 13.2. The van der Waals surface area contributed by atoms with E-state index in [-0.39, 0.29) is 11.9 Å². The minimum absolute atomic E-state index is 0.182. The number of aromatic nitrogens is 1. The number of aromatic amines is 1. The summed E-state index contributed by atoms with van der Waals surface area (Å²) in [6, 6.07) is 4.90. The summed E-state index contributed by atoms with van der Waals surface area (Å²) >= 11 is 0. The van der Waals surface area contributed by atoms with Gasteiger partial charge in [0.2, 0.25) is 0 Å². The fourth-order valence-corrected chi connectivity index (χ4v) is 3.31. The van der Waals surface area contributed by atoms with Gasteiger partial charge in [0.05, 0.1) is 6.10 Å². The smallest absolute Gasteiger partial charge is 0.125 e. The van der Waals surface area contributed by atoms with E-state index in [1.807, 2.05) is 13.0 Å². The molecule has 1 aromatic carbocycles. The first kappa shape index (κ1) is 12.7. The third-order valence-electron chi connectivity index (χ3n) is 4.42. The number of benzene rings is 1. The summed E-state index contributed by atoms with van der Waals surface area (Å²) in [5.74, 6) is 0.134. The van der Waals surface area contributed by atoms with Crippen LogP contribution in [-0.4, -0.2) is 16.2 Å². The first-order valence-electron chi connectivity index (χ1n) is 7.10. The van der Waals surface area contributed by atoms with Gasteiger partial charge in [0.1, 0.15) is 5.82 Å². The second-order valence-corrected chi connectivity index (χ2v) is 5.73. The lowest BCUT2D eigenvalue weighted by atomic mass is 9.82. The molecule has 0 spiro atoms. The van der Waals surface area contributed by atoms with Crippen LogP contribution in [0.2, 0.25) is 0 Å². The van der Waals surface area contributed by atoms with Gasteiger partial charge in [-0.3, -0.25) is 0 Å². The van der Waals surface area contributed by atoms with Crippen molar-refractivity contribution in [2.45, 2.75) is 45.1 Å². The van der Waals surface area contributed by atoms with Crippen LogP contribution >= 0.6 is 0 Å². The summed E-state index contributed by atoms with van der Waals surface area (Å²) in [7, 11) is 0. The fraction of sp³-hybridized carbons (Fsp3) is 0.500. The molecule has 1 saturated carbocycles. The van der Waals surface area contributed by atoms with Crippen molar-refractivity contribution >= 4 is 10.9 Å². The van der Waals surface area contributed by atoms with Crippen molar-refractivity contribution < 1.29 is 9.50 Å². The topological polar surface area (TPSA) is 36.0 Å². The molecule has 1 aliphatic carbocycles. The van der Waals surface area contributed by atoms with Crippen molar-refractivity contribution in [2.24, 2.45) is 5.92 Å². The van der Waals surface area contributed by atoms with Crippen LogP contribution in [0.3, 0.4) is 0 Å². The highest BCUT2D eigenvalue weighted by Gasteiger charge is 2.24. The molecular weight excluding hydrogens is 241 g/mol. The molecule has 0 aliphatic heterocycles. The molecule has 1 heterocycles. The van der Waals surface area contributed by atoms with Gasteiger partial charge in [-0.05, 0) is 55.9 Å². The number of rotatable bonds is 2. The van der Waals surface area contributed by atoms with E-state index in [4.69, 9.17) is 0 Å². The highest BCUT2D eigenvalue weighted by molar-refractivity contribution is 5.84. The lowest BCUT2D eigenvalue weighted by molar-refractivity contribution is 0.0701. The third-order valence-corrected chi connectivity index (χ3v) is 4.42. The van der Waals surface area contributed by atoms with Gasteiger partial charge in [0.25, 0.3) is 0 Å². The molecule has 0 bridgehead atoms. The molecule has 0 saturated heterocycles. The zero-order valence-electron chi connectivity index (χ0n) is 11.2. The largest absolute Gasteiger partial charge is 0.393 e. The van der Waals surface area contributed by atoms with Crippen LogP contribution in [0.5, 0.6) is 0 Å². The second-order valence-electron chi connectivity index (χ2n) is 5.73. The highest BCUT2D eigenvalue weighted by Crippen LogP contribution is 2.31. The molecule has 3 rings (SSSR count). The van der Waals surface area contributed by atoms with Crippen molar-refractivity contribution in [3.63, 3.8) is 0 Å². The van der Waals surface area contributed by atoms with Crippen LogP contribution in [0.15, 0.2) is 18.2 Å². The van der Waals surface area contributed by atoms with Gasteiger partial charge in [-0.25, -0.2) is 4.39 Å². The number of aliphatic hydroxyl groups is 1. The molecule has 0 radical (unpaired) electrons. The van der Waals surface area contributed by atoms with Gasteiger partial charge in [-0.2, -0.15) is 0 Å². The number of aliphatic hydroxyl groups excluding tert-OH is 1. The van der Waals surface area contributed by atoms with Gasteiger partial charge < -0.3 is 10.1 Å². The van der Waals surface area contributed by atoms with Crippen LogP contribution in [0.1, 0.15) is 36.9 Å². The van der Waals surface area contributed by atoms with Gasteiger partial charge >= 0.3 is 0 Å². The SMILES string of the molecule is Cc1[nH]c2cc(F)ccc2c1CC1CCCCC1O. The summed E-state index contributed by atoms with van der Waals surface area (Å²) in [5.41, 5.74) is 3.19. The Kier molecular flexibility index (Phi) is 3.31. The Balaban J connectivity index is 1.93. The van der Waals surface area contributed by atoms with Crippen LogP contribution in [0.4, 0.5) is 4.39 Å². The summed E-state index contributed by atoms with van der Waals surface area (Å²) in [6.45, 7) is 2.03. The Morgan fingerprint density at radius 3 is 2.89 bits per heavy atom. The van der Waals surface area contributed by atoms with Gasteiger partial charge in [-0.1, -0.05) is 12.8 Å². The number of halogens is 1. The quantitative estimate of drug-likeness (QED) is 0.849. The second kappa shape index (κ2) is 4.97. The monoisotopic (exact) mass is 261 g/mol. The molecule has 102 valence electrons. The first-order chi connectivity index (χ1) is 9.15. The lowest BCUT2D eigenvalue weighted by Gasteiger charge is -2.27. The molecule has 2 N–H and O–H groups in total. The maximum atomic E-state index is 13.2. The number of hydrogen-bond acceptors (Lipinski definition) is 1.